The summed E-state index contributed by atoms with van der Waals surface area (Å²) < 4.78 is 10.3. The number of carboxylic acids is 1. The molecule has 0 fully saturated rings. The Morgan fingerprint density at radius 1 is 1.19 bits per heavy atom. The lowest BCUT2D eigenvalue weighted by Gasteiger charge is -2.25. The summed E-state index contributed by atoms with van der Waals surface area (Å²) in [5, 5.41) is 12.3. The number of carbonyl (C=O) groups is 2. The van der Waals surface area contributed by atoms with E-state index in [1.165, 1.54) is 12.3 Å². The number of benzene rings is 1. The van der Waals surface area contributed by atoms with E-state index in [9.17, 15) is 14.7 Å². The number of hydrogen-bond acceptors (Lipinski definition) is 5. The lowest BCUT2D eigenvalue weighted by molar-refractivity contribution is -0.142. The number of hydrogen-bond donors (Lipinski definition) is 2. The number of aliphatic carboxylic acids is 1. The number of ether oxygens (including phenoxy) is 2. The molecular weight excluding hydrogens is 336 g/mol. The van der Waals surface area contributed by atoms with Gasteiger partial charge in [-0.05, 0) is 18.6 Å². The summed E-state index contributed by atoms with van der Waals surface area (Å²) in [6, 6.07) is 11.9. The molecule has 2 rings (SSSR count). The highest BCUT2D eigenvalue weighted by Crippen LogP contribution is 2.23. The monoisotopic (exact) mass is 358 g/mol. The highest BCUT2D eigenvalue weighted by molar-refractivity contribution is 5.95. The van der Waals surface area contributed by atoms with E-state index in [0.29, 0.717) is 30.2 Å². The van der Waals surface area contributed by atoms with Crippen LogP contribution in [0.5, 0.6) is 5.88 Å². The van der Waals surface area contributed by atoms with Crippen molar-refractivity contribution in [3.05, 3.63) is 59.8 Å². The number of nitrogens with one attached hydrogen (secondary N) is 1. The van der Waals surface area contributed by atoms with Crippen molar-refractivity contribution < 1.29 is 24.2 Å². The predicted molar refractivity (Wildman–Crippen MR) is 95.4 cm³/mol. The maximum absolute atomic E-state index is 12.4. The van der Waals surface area contributed by atoms with E-state index in [1.54, 1.807) is 44.4 Å². The third-order valence-corrected chi connectivity index (χ3v) is 4.02. The van der Waals surface area contributed by atoms with Crippen LogP contribution in [0.2, 0.25) is 0 Å². The van der Waals surface area contributed by atoms with Crippen LogP contribution in [0.4, 0.5) is 0 Å². The van der Waals surface area contributed by atoms with Gasteiger partial charge in [-0.1, -0.05) is 30.3 Å². The third-order valence-electron chi connectivity index (χ3n) is 4.02. The minimum atomic E-state index is -1.23. The van der Waals surface area contributed by atoms with E-state index in [4.69, 9.17) is 9.47 Å². The van der Waals surface area contributed by atoms with Gasteiger partial charge in [0.05, 0.1) is 6.61 Å². The van der Waals surface area contributed by atoms with Crippen LogP contribution in [0.25, 0.3) is 0 Å². The molecule has 0 aliphatic heterocycles. The molecule has 1 aromatic carbocycles. The van der Waals surface area contributed by atoms with Gasteiger partial charge in [-0.25, -0.2) is 4.98 Å². The lowest BCUT2D eigenvalue weighted by atomic mass is 9.82. The number of carboxylic acid groups (broad SMARTS) is 1. The molecule has 0 spiro atoms. The topological polar surface area (TPSA) is 97.8 Å². The minimum Gasteiger partial charge on any atom is -0.481 e. The van der Waals surface area contributed by atoms with Crippen molar-refractivity contribution in [1.29, 1.82) is 0 Å². The molecule has 1 aromatic heterocycles. The van der Waals surface area contributed by atoms with Gasteiger partial charge in [0.25, 0.3) is 5.91 Å². The van der Waals surface area contributed by atoms with E-state index >= 15 is 0 Å². The zero-order valence-corrected chi connectivity index (χ0v) is 14.8. The molecule has 0 saturated heterocycles. The van der Waals surface area contributed by atoms with E-state index in [-0.39, 0.29) is 6.54 Å². The molecule has 0 aliphatic carbocycles. The van der Waals surface area contributed by atoms with E-state index in [2.05, 4.69) is 10.3 Å². The van der Waals surface area contributed by atoms with Crippen molar-refractivity contribution in [2.45, 2.75) is 12.3 Å². The molecule has 7 nitrogen and oxygen atoms in total. The number of carbonyl (C=O) groups excluding carboxylic acids is 1. The lowest BCUT2D eigenvalue weighted by Crippen LogP contribution is -2.44. The smallest absolute Gasteiger partial charge is 0.315 e. The molecule has 2 N–H and O–H groups in total. The molecular formula is C19H22N2O5. The van der Waals surface area contributed by atoms with Crippen LogP contribution in [-0.4, -0.2) is 48.8 Å². The highest BCUT2D eigenvalue weighted by atomic mass is 16.5. The first-order valence-corrected chi connectivity index (χ1v) is 8.12. The summed E-state index contributed by atoms with van der Waals surface area (Å²) in [6.45, 7) is 2.26. The van der Waals surface area contributed by atoms with Gasteiger partial charge in [-0.2, -0.15) is 0 Å². The minimum absolute atomic E-state index is 0.0482. The van der Waals surface area contributed by atoms with Gasteiger partial charge >= 0.3 is 5.97 Å². The van der Waals surface area contributed by atoms with E-state index < -0.39 is 17.3 Å². The molecule has 0 radical (unpaired) electrons. The van der Waals surface area contributed by atoms with Gasteiger partial charge in [0, 0.05) is 31.5 Å². The predicted octanol–water partition coefficient (Wildman–Crippen LogP) is 1.88. The second-order valence-electron chi connectivity index (χ2n) is 5.91. The van der Waals surface area contributed by atoms with Crippen LogP contribution in [-0.2, 0) is 14.9 Å². The normalized spacial score (nSPS) is 12.8. The molecule has 1 atom stereocenters. The van der Waals surface area contributed by atoms with Crippen LogP contribution < -0.4 is 10.1 Å². The average molecular weight is 358 g/mol. The number of aromatic nitrogens is 1. The fraction of sp³-hybridized carbons (Fsp3) is 0.316. The Balaban J connectivity index is 2.07. The Morgan fingerprint density at radius 2 is 1.92 bits per heavy atom. The Bertz CT molecular complexity index is 751. The fourth-order valence-corrected chi connectivity index (χ4v) is 2.33. The zero-order chi connectivity index (χ0) is 19.0. The Labute approximate surface area is 152 Å². The number of methoxy groups -OCH3 is 1. The fourth-order valence-electron chi connectivity index (χ4n) is 2.33. The van der Waals surface area contributed by atoms with Crippen molar-refractivity contribution in [2.75, 3.05) is 26.9 Å². The summed E-state index contributed by atoms with van der Waals surface area (Å²) >= 11 is 0. The van der Waals surface area contributed by atoms with Crippen LogP contribution in [0, 0.1) is 0 Å². The Hall–Kier alpha value is -2.93. The molecule has 0 saturated carbocycles. The van der Waals surface area contributed by atoms with Crippen molar-refractivity contribution in [3.8, 4) is 5.88 Å². The van der Waals surface area contributed by atoms with Gasteiger partial charge in [-0.3, -0.25) is 9.59 Å². The quantitative estimate of drug-likeness (QED) is 0.664. The summed E-state index contributed by atoms with van der Waals surface area (Å²) in [5.41, 5.74) is -0.277. The zero-order valence-electron chi connectivity index (χ0n) is 14.8. The second kappa shape index (κ2) is 8.96. The number of amides is 1. The molecule has 138 valence electrons. The van der Waals surface area contributed by atoms with Crippen LogP contribution in [0.15, 0.2) is 48.7 Å². The Kier molecular flexibility index (Phi) is 6.68. The van der Waals surface area contributed by atoms with Crippen molar-refractivity contribution in [3.63, 3.8) is 0 Å². The van der Waals surface area contributed by atoms with E-state index in [1.807, 2.05) is 6.07 Å². The average Bonchev–Trinajstić information content (AvgIpc) is 2.67. The molecule has 1 unspecified atom stereocenters. The SMILES string of the molecule is COCCOc1cc(C(=O)NCC(C)(C(=O)O)c2ccccc2)ccn1. The Morgan fingerprint density at radius 3 is 2.58 bits per heavy atom. The molecule has 7 heteroatoms. The van der Waals surface area contributed by atoms with Gasteiger partial charge < -0.3 is 19.9 Å². The molecule has 0 bridgehead atoms. The molecule has 1 amide bonds. The van der Waals surface area contributed by atoms with Gasteiger partial charge in [0.15, 0.2) is 0 Å². The second-order valence-corrected chi connectivity index (χ2v) is 5.91. The van der Waals surface area contributed by atoms with Crippen molar-refractivity contribution >= 4 is 11.9 Å². The molecule has 2 aromatic rings. The molecule has 0 aliphatic rings. The number of pyridine rings is 1. The maximum Gasteiger partial charge on any atom is 0.315 e. The first-order valence-electron chi connectivity index (χ1n) is 8.12. The number of rotatable bonds is 9. The first-order chi connectivity index (χ1) is 12.5. The van der Waals surface area contributed by atoms with Crippen molar-refractivity contribution in [2.24, 2.45) is 0 Å². The summed E-state index contributed by atoms with van der Waals surface area (Å²) in [6.07, 6.45) is 1.46. The van der Waals surface area contributed by atoms with Gasteiger partial charge in [-0.15, -0.1) is 0 Å². The van der Waals surface area contributed by atoms with E-state index in [0.717, 1.165) is 0 Å². The van der Waals surface area contributed by atoms with Gasteiger partial charge in [0.2, 0.25) is 5.88 Å². The largest absolute Gasteiger partial charge is 0.481 e. The molecule has 1 heterocycles. The summed E-state index contributed by atoms with van der Waals surface area (Å²) in [4.78, 5) is 28.2. The van der Waals surface area contributed by atoms with Crippen molar-refractivity contribution in [1.82, 2.24) is 10.3 Å². The first kappa shape index (κ1) is 19.4. The summed E-state index contributed by atoms with van der Waals surface area (Å²) in [7, 11) is 1.56. The van der Waals surface area contributed by atoms with Crippen LogP contribution in [0.3, 0.4) is 0 Å². The van der Waals surface area contributed by atoms with Crippen LogP contribution >= 0.6 is 0 Å². The highest BCUT2D eigenvalue weighted by Gasteiger charge is 2.35. The van der Waals surface area contributed by atoms with Gasteiger partial charge in [0.1, 0.15) is 12.0 Å². The molecule has 26 heavy (non-hydrogen) atoms. The van der Waals surface area contributed by atoms with Crippen LogP contribution in [0.1, 0.15) is 22.8 Å². The maximum atomic E-state index is 12.4. The number of nitrogens with zero attached hydrogens (tertiary/aromatic N) is 1. The standard InChI is InChI=1S/C19H22N2O5/c1-19(18(23)24,15-6-4-3-5-7-15)13-21-17(22)14-8-9-20-16(12-14)26-11-10-25-2/h3-9,12H,10-11,13H2,1-2H3,(H,21,22)(H,23,24). The summed E-state index contributed by atoms with van der Waals surface area (Å²) in [5.74, 6) is -1.10. The third kappa shape index (κ3) is 4.80.